The molecular weight excluding hydrogens is 568 g/mol. The van der Waals surface area contributed by atoms with Crippen molar-refractivity contribution in [1.82, 2.24) is 29.8 Å². The molecule has 1 N–H and O–H groups in total. The second-order valence-electron chi connectivity index (χ2n) is 14.8. The summed E-state index contributed by atoms with van der Waals surface area (Å²) in [7, 11) is 4.09. The van der Waals surface area contributed by atoms with E-state index in [0.29, 0.717) is 12.1 Å². The molecule has 5 aromatic rings. The summed E-state index contributed by atoms with van der Waals surface area (Å²) in [5, 5.41) is 10.1. The van der Waals surface area contributed by atoms with Gasteiger partial charge in [-0.3, -0.25) is 4.79 Å². The standard InChI is InChI=1S/C39H48N6O/c1-24-18-25(2)20-28(19-24)37-36(26(3)23-43(6)17-16-27-8-14-34-35(21-27)42-44(7)41-34)32-22-29(9-15-33(32)40-37)39(4,5)38(46)45-30-10-11-31(45)13-12-30/h8-9,14-15,18-22,26,30-31,40H,10-13,16-17,23H2,1-7H3. The van der Waals surface area contributed by atoms with Gasteiger partial charge >= 0.3 is 0 Å². The van der Waals surface area contributed by atoms with Crippen LogP contribution in [0.2, 0.25) is 0 Å². The molecule has 1 amide bonds. The molecule has 0 aliphatic carbocycles. The molecule has 7 nitrogen and oxygen atoms in total. The average molecular weight is 617 g/mol. The molecule has 3 aromatic carbocycles. The zero-order valence-electron chi connectivity index (χ0n) is 28.5. The highest BCUT2D eigenvalue weighted by Gasteiger charge is 2.47. The van der Waals surface area contributed by atoms with Crippen LogP contribution in [0.3, 0.4) is 0 Å². The topological polar surface area (TPSA) is 70.1 Å². The van der Waals surface area contributed by atoms with E-state index in [4.69, 9.17) is 0 Å². The number of aromatic nitrogens is 4. The summed E-state index contributed by atoms with van der Waals surface area (Å²) in [5.74, 6) is 0.552. The first kappa shape index (κ1) is 30.7. The van der Waals surface area contributed by atoms with Crippen LogP contribution in [-0.4, -0.2) is 67.9 Å². The molecule has 240 valence electrons. The Balaban J connectivity index is 1.20. The van der Waals surface area contributed by atoms with Gasteiger partial charge in [0.25, 0.3) is 0 Å². The fourth-order valence-corrected chi connectivity index (χ4v) is 8.34. The van der Waals surface area contributed by atoms with Gasteiger partial charge in [0.1, 0.15) is 11.0 Å². The molecule has 2 aromatic heterocycles. The number of amides is 1. The Morgan fingerprint density at radius 3 is 2.33 bits per heavy atom. The van der Waals surface area contributed by atoms with E-state index in [2.05, 4.69) is 121 Å². The summed E-state index contributed by atoms with van der Waals surface area (Å²) in [6, 6.07) is 20.8. The number of likely N-dealkylation sites (N-methyl/N-ethyl adjacent to an activating group) is 1. The van der Waals surface area contributed by atoms with Crippen molar-refractivity contribution in [2.75, 3.05) is 20.1 Å². The van der Waals surface area contributed by atoms with Crippen molar-refractivity contribution in [3.63, 3.8) is 0 Å². The molecule has 7 heteroatoms. The summed E-state index contributed by atoms with van der Waals surface area (Å²) in [5.41, 5.74) is 11.1. The lowest BCUT2D eigenvalue weighted by Crippen LogP contribution is -2.45. The lowest BCUT2D eigenvalue weighted by Gasteiger charge is -2.33. The minimum atomic E-state index is -0.585. The van der Waals surface area contributed by atoms with Gasteiger partial charge < -0.3 is 14.8 Å². The molecule has 7 rings (SSSR count). The number of benzene rings is 3. The predicted octanol–water partition coefficient (Wildman–Crippen LogP) is 7.44. The molecule has 2 bridgehead atoms. The number of hydrogen-bond acceptors (Lipinski definition) is 4. The number of carbonyl (C=O) groups excluding carboxylic acids is 1. The van der Waals surface area contributed by atoms with Crippen molar-refractivity contribution in [2.45, 2.75) is 90.1 Å². The van der Waals surface area contributed by atoms with Crippen LogP contribution in [0.15, 0.2) is 54.6 Å². The van der Waals surface area contributed by atoms with Crippen LogP contribution < -0.4 is 0 Å². The van der Waals surface area contributed by atoms with E-state index in [1.165, 1.54) is 38.9 Å². The van der Waals surface area contributed by atoms with E-state index < -0.39 is 5.41 Å². The van der Waals surface area contributed by atoms with Gasteiger partial charge in [-0.25, -0.2) is 0 Å². The number of nitrogens with one attached hydrogen (secondary N) is 1. The number of carbonyl (C=O) groups is 1. The average Bonchev–Trinajstić information content (AvgIpc) is 3.79. The van der Waals surface area contributed by atoms with E-state index in [1.54, 1.807) is 4.80 Å². The van der Waals surface area contributed by atoms with Gasteiger partial charge in [-0.1, -0.05) is 36.2 Å². The number of aromatic amines is 1. The molecular formula is C39H48N6O. The molecule has 0 saturated carbocycles. The van der Waals surface area contributed by atoms with Crippen LogP contribution >= 0.6 is 0 Å². The smallest absolute Gasteiger partial charge is 0.233 e. The third-order valence-electron chi connectivity index (χ3n) is 10.7. The summed E-state index contributed by atoms with van der Waals surface area (Å²) in [6.45, 7) is 12.8. The van der Waals surface area contributed by atoms with Crippen molar-refractivity contribution in [1.29, 1.82) is 0 Å². The Morgan fingerprint density at radius 2 is 1.63 bits per heavy atom. The van der Waals surface area contributed by atoms with E-state index in [1.807, 2.05) is 7.05 Å². The first-order valence-electron chi connectivity index (χ1n) is 17.0. The Bertz CT molecular complexity index is 1890. The Kier molecular flexibility index (Phi) is 7.79. The number of nitrogens with zero attached hydrogens (tertiary/aromatic N) is 5. The zero-order valence-corrected chi connectivity index (χ0v) is 28.5. The molecule has 4 heterocycles. The monoisotopic (exact) mass is 616 g/mol. The molecule has 0 spiro atoms. The van der Waals surface area contributed by atoms with Gasteiger partial charge in [-0.05, 0) is 131 Å². The third kappa shape index (κ3) is 5.53. The van der Waals surface area contributed by atoms with Gasteiger partial charge in [0.15, 0.2) is 0 Å². The van der Waals surface area contributed by atoms with Gasteiger partial charge in [-0.15, -0.1) is 0 Å². The van der Waals surface area contributed by atoms with Crippen LogP contribution in [-0.2, 0) is 23.7 Å². The molecule has 46 heavy (non-hydrogen) atoms. The van der Waals surface area contributed by atoms with Crippen LogP contribution in [0.4, 0.5) is 0 Å². The van der Waals surface area contributed by atoms with Crippen molar-refractivity contribution in [2.24, 2.45) is 7.05 Å². The fraction of sp³-hybridized carbons (Fsp3) is 0.462. The molecule has 1 unspecified atom stereocenters. The lowest BCUT2D eigenvalue weighted by molar-refractivity contribution is -0.137. The fourth-order valence-electron chi connectivity index (χ4n) is 8.34. The van der Waals surface area contributed by atoms with Gasteiger partial charge in [0.2, 0.25) is 5.91 Å². The second kappa shape index (κ2) is 11.7. The molecule has 0 radical (unpaired) electrons. The largest absolute Gasteiger partial charge is 0.354 e. The molecule has 2 aliphatic heterocycles. The maximum absolute atomic E-state index is 14.1. The SMILES string of the molecule is Cc1cc(C)cc(-c2[nH]c3ccc(C(C)(C)C(=O)N4C5CCC4CC5)cc3c2C(C)CN(C)CCc2ccc3nn(C)nc3c2)c1. The quantitative estimate of drug-likeness (QED) is 0.187. The number of fused-ring (bicyclic) bond motifs is 4. The van der Waals surface area contributed by atoms with Crippen LogP contribution in [0.25, 0.3) is 33.2 Å². The minimum absolute atomic E-state index is 0.264. The van der Waals surface area contributed by atoms with E-state index >= 15 is 0 Å². The summed E-state index contributed by atoms with van der Waals surface area (Å²) in [4.78, 5) is 24.2. The Labute approximate surface area is 273 Å². The van der Waals surface area contributed by atoms with Crippen LogP contribution in [0.5, 0.6) is 0 Å². The number of hydrogen-bond donors (Lipinski definition) is 1. The molecule has 2 fully saturated rings. The summed E-state index contributed by atoms with van der Waals surface area (Å²) >= 11 is 0. The maximum Gasteiger partial charge on any atom is 0.233 e. The molecule has 2 saturated heterocycles. The summed E-state index contributed by atoms with van der Waals surface area (Å²) < 4.78 is 0. The lowest BCUT2D eigenvalue weighted by atomic mass is 9.81. The van der Waals surface area contributed by atoms with E-state index in [0.717, 1.165) is 67.3 Å². The number of aryl methyl sites for hydroxylation is 3. The maximum atomic E-state index is 14.1. The van der Waals surface area contributed by atoms with Crippen molar-refractivity contribution >= 4 is 27.8 Å². The van der Waals surface area contributed by atoms with E-state index in [9.17, 15) is 4.79 Å². The van der Waals surface area contributed by atoms with Gasteiger partial charge in [0, 0.05) is 43.1 Å². The molecule has 1 atom stereocenters. The number of H-pyrrole nitrogens is 1. The van der Waals surface area contributed by atoms with Gasteiger partial charge in [-0.2, -0.15) is 15.0 Å². The molecule has 2 aliphatic rings. The Morgan fingerprint density at radius 1 is 0.957 bits per heavy atom. The highest BCUT2D eigenvalue weighted by Crippen LogP contribution is 2.43. The first-order chi connectivity index (χ1) is 22.0. The minimum Gasteiger partial charge on any atom is -0.354 e. The predicted molar refractivity (Wildman–Crippen MR) is 187 cm³/mol. The van der Waals surface area contributed by atoms with Crippen LogP contribution in [0.1, 0.15) is 80.2 Å². The summed E-state index contributed by atoms with van der Waals surface area (Å²) in [6.07, 6.45) is 5.59. The van der Waals surface area contributed by atoms with Gasteiger partial charge in [0.05, 0.1) is 11.1 Å². The number of rotatable bonds is 9. The van der Waals surface area contributed by atoms with Crippen molar-refractivity contribution in [3.8, 4) is 11.3 Å². The van der Waals surface area contributed by atoms with Crippen molar-refractivity contribution < 1.29 is 4.79 Å². The second-order valence-corrected chi connectivity index (χ2v) is 14.8. The van der Waals surface area contributed by atoms with E-state index in [-0.39, 0.29) is 11.8 Å². The normalized spacial score (nSPS) is 18.8. The van der Waals surface area contributed by atoms with Crippen LogP contribution in [0, 0.1) is 13.8 Å². The highest BCUT2D eigenvalue weighted by atomic mass is 16.2. The zero-order chi connectivity index (χ0) is 32.3. The van der Waals surface area contributed by atoms with Crippen molar-refractivity contribution in [3.05, 3.63) is 82.4 Å². The third-order valence-corrected chi connectivity index (χ3v) is 10.7. The Hall–Kier alpha value is -3.97. The first-order valence-corrected chi connectivity index (χ1v) is 17.0. The highest BCUT2D eigenvalue weighted by molar-refractivity contribution is 5.95.